The van der Waals surface area contributed by atoms with Gasteiger partial charge in [0, 0.05) is 12.1 Å². The first-order valence-electron chi connectivity index (χ1n) is 9.18. The minimum atomic E-state index is -3.84. The fraction of sp³-hybridized carbons (Fsp3) is 0.350. The van der Waals surface area contributed by atoms with Gasteiger partial charge < -0.3 is 10.1 Å². The Labute approximate surface area is 175 Å². The monoisotopic (exact) mass is 435 g/mol. The predicted octanol–water partition coefficient (Wildman–Crippen LogP) is 2.48. The van der Waals surface area contributed by atoms with E-state index >= 15 is 0 Å². The number of hydrogen-bond donors (Lipinski definition) is 1. The molecule has 0 aromatic heterocycles. The third kappa shape index (κ3) is 6.18. The van der Waals surface area contributed by atoms with Crippen LogP contribution in [0, 0.1) is 30.9 Å². The number of carbonyl (C=O) groups excluding carboxylic acids is 1. The van der Waals surface area contributed by atoms with E-state index in [0.29, 0.717) is 11.3 Å². The molecule has 30 heavy (non-hydrogen) atoms. The van der Waals surface area contributed by atoms with Crippen molar-refractivity contribution in [3.63, 3.8) is 0 Å². The Hall–Kier alpha value is -3.14. The van der Waals surface area contributed by atoms with Gasteiger partial charge in [0.2, 0.25) is 15.9 Å². The van der Waals surface area contributed by atoms with Gasteiger partial charge in [-0.2, -0.15) is 0 Å². The number of rotatable bonds is 9. The van der Waals surface area contributed by atoms with Crippen LogP contribution in [0.1, 0.15) is 16.7 Å². The summed E-state index contributed by atoms with van der Waals surface area (Å²) < 4.78 is 30.9. The van der Waals surface area contributed by atoms with E-state index in [2.05, 4.69) is 5.32 Å². The van der Waals surface area contributed by atoms with Gasteiger partial charge in [-0.25, -0.2) is 8.42 Å². The zero-order chi connectivity index (χ0) is 22.5. The van der Waals surface area contributed by atoms with E-state index in [-0.39, 0.29) is 24.5 Å². The average molecular weight is 436 g/mol. The molecule has 0 saturated heterocycles. The standard InChI is InChI=1S/C20H25N3O6S/c1-14-6-8-18(11-16(14)3)29-10-9-21-20(24)13-22(30(4,27)28)19-12-17(23(25)26)7-5-15(19)2/h5-8,11-12H,9-10,13H2,1-4H3,(H,21,24). The van der Waals surface area contributed by atoms with Crippen LogP contribution in [0.25, 0.3) is 0 Å². The van der Waals surface area contributed by atoms with Crippen molar-refractivity contribution in [2.45, 2.75) is 20.8 Å². The Morgan fingerprint density at radius 3 is 2.37 bits per heavy atom. The number of anilines is 1. The summed E-state index contributed by atoms with van der Waals surface area (Å²) in [5.74, 6) is 0.132. The third-order valence-electron chi connectivity index (χ3n) is 4.53. The molecule has 162 valence electrons. The van der Waals surface area contributed by atoms with Crippen LogP contribution in [0.3, 0.4) is 0 Å². The lowest BCUT2D eigenvalue weighted by Crippen LogP contribution is -2.41. The van der Waals surface area contributed by atoms with Gasteiger partial charge in [0.05, 0.1) is 23.4 Å². The lowest BCUT2D eigenvalue weighted by molar-refractivity contribution is -0.384. The lowest BCUT2D eigenvalue weighted by Gasteiger charge is -2.23. The number of benzene rings is 2. The van der Waals surface area contributed by atoms with E-state index in [4.69, 9.17) is 4.74 Å². The molecule has 1 amide bonds. The van der Waals surface area contributed by atoms with Gasteiger partial charge in [0.25, 0.3) is 5.69 Å². The first kappa shape index (κ1) is 23.1. The van der Waals surface area contributed by atoms with E-state index < -0.39 is 27.4 Å². The van der Waals surface area contributed by atoms with Gasteiger partial charge >= 0.3 is 0 Å². The van der Waals surface area contributed by atoms with Gasteiger partial charge in [0.15, 0.2) is 0 Å². The van der Waals surface area contributed by atoms with Gasteiger partial charge in [-0.1, -0.05) is 12.1 Å². The summed E-state index contributed by atoms with van der Waals surface area (Å²) in [5, 5.41) is 13.6. The van der Waals surface area contributed by atoms with Crippen molar-refractivity contribution in [2.75, 3.05) is 30.3 Å². The smallest absolute Gasteiger partial charge is 0.271 e. The largest absolute Gasteiger partial charge is 0.492 e. The fourth-order valence-electron chi connectivity index (χ4n) is 2.71. The average Bonchev–Trinajstić information content (AvgIpc) is 2.65. The van der Waals surface area contributed by atoms with E-state index in [1.165, 1.54) is 12.1 Å². The predicted molar refractivity (Wildman–Crippen MR) is 114 cm³/mol. The summed E-state index contributed by atoms with van der Waals surface area (Å²) in [7, 11) is -3.84. The van der Waals surface area contributed by atoms with Crippen LogP contribution in [0.2, 0.25) is 0 Å². The molecule has 0 heterocycles. The molecule has 0 saturated carbocycles. The molecule has 0 aliphatic carbocycles. The van der Waals surface area contributed by atoms with E-state index in [1.54, 1.807) is 6.92 Å². The molecule has 0 unspecified atom stereocenters. The third-order valence-corrected chi connectivity index (χ3v) is 5.66. The summed E-state index contributed by atoms with van der Waals surface area (Å²) in [6.45, 7) is 5.48. The van der Waals surface area contributed by atoms with Crippen molar-refractivity contribution in [1.29, 1.82) is 0 Å². The quantitative estimate of drug-likeness (QED) is 0.367. The molecule has 10 heteroatoms. The normalized spacial score (nSPS) is 11.1. The Balaban J connectivity index is 2.02. The van der Waals surface area contributed by atoms with Crippen LogP contribution < -0.4 is 14.4 Å². The maximum Gasteiger partial charge on any atom is 0.271 e. The molecule has 0 atom stereocenters. The number of amides is 1. The first-order chi connectivity index (χ1) is 14.0. The van der Waals surface area contributed by atoms with Gasteiger partial charge in [-0.3, -0.25) is 19.2 Å². The van der Waals surface area contributed by atoms with Crippen molar-refractivity contribution in [3.05, 3.63) is 63.2 Å². The van der Waals surface area contributed by atoms with Gasteiger partial charge in [-0.05, 0) is 49.6 Å². The first-order valence-corrected chi connectivity index (χ1v) is 11.0. The molecule has 9 nitrogen and oxygen atoms in total. The molecule has 2 aromatic rings. The maximum absolute atomic E-state index is 12.3. The number of nitrogens with zero attached hydrogens (tertiary/aromatic N) is 2. The Morgan fingerprint density at radius 2 is 1.77 bits per heavy atom. The zero-order valence-corrected chi connectivity index (χ0v) is 18.2. The molecule has 0 spiro atoms. The second-order valence-electron chi connectivity index (χ2n) is 6.94. The number of sulfonamides is 1. The summed E-state index contributed by atoms with van der Waals surface area (Å²) in [6.07, 6.45) is 0.946. The molecule has 1 N–H and O–H groups in total. The van der Waals surface area contributed by atoms with Crippen molar-refractivity contribution in [3.8, 4) is 5.75 Å². The second-order valence-corrected chi connectivity index (χ2v) is 8.85. The van der Waals surface area contributed by atoms with Crippen molar-refractivity contribution in [1.82, 2.24) is 5.32 Å². The highest BCUT2D eigenvalue weighted by molar-refractivity contribution is 7.92. The van der Waals surface area contributed by atoms with Gasteiger partial charge in [-0.15, -0.1) is 0 Å². The molecule has 2 aromatic carbocycles. The molecular formula is C20H25N3O6S. The second kappa shape index (κ2) is 9.57. The SMILES string of the molecule is Cc1ccc(OCCNC(=O)CN(c2cc([N+](=O)[O-])ccc2C)S(C)(=O)=O)cc1C. The van der Waals surface area contributed by atoms with Crippen molar-refractivity contribution in [2.24, 2.45) is 0 Å². The van der Waals surface area contributed by atoms with Crippen molar-refractivity contribution < 1.29 is 22.9 Å². The number of nitrogens with one attached hydrogen (secondary N) is 1. The van der Waals surface area contributed by atoms with Crippen LogP contribution in [0.15, 0.2) is 36.4 Å². The number of hydrogen-bond acceptors (Lipinski definition) is 6. The summed E-state index contributed by atoms with van der Waals surface area (Å²) in [5.41, 5.74) is 2.57. The maximum atomic E-state index is 12.3. The highest BCUT2D eigenvalue weighted by Gasteiger charge is 2.24. The molecule has 0 radical (unpaired) electrons. The number of ether oxygens (including phenoxy) is 1. The molecule has 0 fully saturated rings. The molecule has 0 aliphatic rings. The molecule has 2 rings (SSSR count). The number of aryl methyl sites for hydroxylation is 3. The minimum Gasteiger partial charge on any atom is -0.492 e. The van der Waals surface area contributed by atoms with Crippen LogP contribution in [-0.4, -0.2) is 45.2 Å². The Kier molecular flexibility index (Phi) is 7.38. The molecular weight excluding hydrogens is 410 g/mol. The Morgan fingerprint density at radius 1 is 1.10 bits per heavy atom. The molecule has 0 aliphatic heterocycles. The van der Waals surface area contributed by atoms with Crippen LogP contribution in [0.5, 0.6) is 5.75 Å². The minimum absolute atomic E-state index is 0.0910. The van der Waals surface area contributed by atoms with Crippen LogP contribution in [0.4, 0.5) is 11.4 Å². The Bertz CT molecular complexity index is 1050. The fourth-order valence-corrected chi connectivity index (χ4v) is 3.62. The molecule has 0 bridgehead atoms. The highest BCUT2D eigenvalue weighted by atomic mass is 32.2. The van der Waals surface area contributed by atoms with E-state index in [9.17, 15) is 23.3 Å². The summed E-state index contributed by atoms with van der Waals surface area (Å²) in [6, 6.07) is 9.54. The topological polar surface area (TPSA) is 119 Å². The zero-order valence-electron chi connectivity index (χ0n) is 17.3. The highest BCUT2D eigenvalue weighted by Crippen LogP contribution is 2.27. The van der Waals surface area contributed by atoms with Gasteiger partial charge in [0.1, 0.15) is 18.9 Å². The van der Waals surface area contributed by atoms with Crippen LogP contribution in [-0.2, 0) is 14.8 Å². The summed E-state index contributed by atoms with van der Waals surface area (Å²) in [4.78, 5) is 22.7. The van der Waals surface area contributed by atoms with E-state index in [0.717, 1.165) is 27.8 Å². The number of non-ortho nitro benzene ring substituents is 1. The number of nitro benzene ring substituents is 1. The number of carbonyl (C=O) groups is 1. The van der Waals surface area contributed by atoms with E-state index in [1.807, 2.05) is 32.0 Å². The number of nitro groups is 1. The summed E-state index contributed by atoms with van der Waals surface area (Å²) >= 11 is 0. The van der Waals surface area contributed by atoms with Crippen LogP contribution >= 0.6 is 0 Å². The van der Waals surface area contributed by atoms with Crippen molar-refractivity contribution >= 4 is 27.3 Å². The lowest BCUT2D eigenvalue weighted by atomic mass is 10.1.